The lowest BCUT2D eigenvalue weighted by Gasteiger charge is -2.17. The predicted octanol–water partition coefficient (Wildman–Crippen LogP) is 4.26. The molecule has 3 aromatic rings. The van der Waals surface area contributed by atoms with Gasteiger partial charge >= 0.3 is 12.1 Å². The third kappa shape index (κ3) is 4.56. The molecule has 1 aliphatic rings. The Morgan fingerprint density at radius 1 is 0.971 bits per heavy atom. The fourth-order valence-corrected chi connectivity index (χ4v) is 4.08. The van der Waals surface area contributed by atoms with Crippen LogP contribution in [0, 0.1) is 0 Å². The third-order valence-corrected chi connectivity index (χ3v) is 5.77. The Balaban J connectivity index is 1.36. The molecule has 3 aromatic carbocycles. The number of fused-ring (bicyclic) bond motifs is 3. The monoisotopic (exact) mass is 460 g/mol. The number of nitrogens with one attached hydrogen (secondary N) is 2. The van der Waals surface area contributed by atoms with Crippen molar-refractivity contribution in [1.29, 1.82) is 0 Å². The first-order chi connectivity index (χ1) is 16.4. The summed E-state index contributed by atoms with van der Waals surface area (Å²) in [5.74, 6) is -1.59. The number of carboxylic acids is 1. The van der Waals surface area contributed by atoms with E-state index in [1.54, 1.807) is 0 Å². The maximum Gasteiger partial charge on any atom is 0.407 e. The Hall–Kier alpha value is -4.33. The smallest absolute Gasteiger partial charge is 0.407 e. The van der Waals surface area contributed by atoms with Crippen LogP contribution in [0.4, 0.5) is 10.5 Å². The Morgan fingerprint density at radius 3 is 2.18 bits per heavy atom. The topological polar surface area (TPSA) is 114 Å². The Kier molecular flexibility index (Phi) is 6.49. The van der Waals surface area contributed by atoms with Crippen LogP contribution in [-0.4, -0.2) is 42.8 Å². The minimum atomic E-state index is -1.14. The van der Waals surface area contributed by atoms with Gasteiger partial charge in [-0.3, -0.25) is 4.79 Å². The van der Waals surface area contributed by atoms with Gasteiger partial charge in [0.05, 0.1) is 7.11 Å². The molecule has 0 saturated carbocycles. The van der Waals surface area contributed by atoms with Crippen molar-refractivity contribution in [3.63, 3.8) is 0 Å². The highest BCUT2D eigenvalue weighted by Crippen LogP contribution is 2.44. The summed E-state index contributed by atoms with van der Waals surface area (Å²) in [6, 6.07) is 19.4. The lowest BCUT2D eigenvalue weighted by molar-refractivity contribution is -0.117. The molecule has 8 nitrogen and oxygen atoms in total. The highest BCUT2D eigenvalue weighted by atomic mass is 16.5. The van der Waals surface area contributed by atoms with Crippen LogP contribution in [0.25, 0.3) is 11.1 Å². The number of rotatable bonds is 7. The highest BCUT2D eigenvalue weighted by Gasteiger charge is 2.29. The number of amides is 2. The minimum Gasteiger partial charge on any atom is -0.496 e. The van der Waals surface area contributed by atoms with Crippen molar-refractivity contribution in [3.05, 3.63) is 83.4 Å². The molecule has 0 unspecified atom stereocenters. The maximum absolute atomic E-state index is 12.5. The number of anilines is 1. The molecule has 8 heteroatoms. The Labute approximate surface area is 196 Å². The standard InChI is InChI=1S/C26H24N2O6/c1-15(24(29)28-16-11-12-21(25(30)31)23(13-16)33-2)27-26(32)34-14-22-19-9-5-3-7-17(19)18-8-4-6-10-20(18)22/h3-13,15,22H,14H2,1-2H3,(H,27,32)(H,28,29)(H,30,31)/t15-/m1/s1. The van der Waals surface area contributed by atoms with Gasteiger partial charge in [-0.05, 0) is 41.3 Å². The molecule has 2 amide bonds. The first-order valence-electron chi connectivity index (χ1n) is 10.7. The number of ether oxygens (including phenoxy) is 2. The molecular weight excluding hydrogens is 436 g/mol. The summed E-state index contributed by atoms with van der Waals surface area (Å²) in [5.41, 5.74) is 4.77. The lowest BCUT2D eigenvalue weighted by Crippen LogP contribution is -2.42. The largest absolute Gasteiger partial charge is 0.496 e. The van der Waals surface area contributed by atoms with Gasteiger partial charge in [0.25, 0.3) is 0 Å². The van der Waals surface area contributed by atoms with Gasteiger partial charge in [-0.1, -0.05) is 48.5 Å². The SMILES string of the molecule is COc1cc(NC(=O)[C@@H](C)NC(=O)OCC2c3ccccc3-c3ccccc32)ccc1C(=O)O. The molecule has 4 rings (SSSR count). The second kappa shape index (κ2) is 9.66. The normalized spacial score (nSPS) is 12.8. The number of hydrogen-bond acceptors (Lipinski definition) is 5. The molecule has 0 radical (unpaired) electrons. The van der Waals surface area contributed by atoms with E-state index in [-0.39, 0.29) is 23.8 Å². The van der Waals surface area contributed by atoms with Gasteiger partial charge in [0.1, 0.15) is 24.0 Å². The number of aromatic carboxylic acids is 1. The summed E-state index contributed by atoms with van der Waals surface area (Å²) in [5, 5.41) is 14.3. The van der Waals surface area contributed by atoms with E-state index in [9.17, 15) is 14.4 Å². The number of benzene rings is 3. The van der Waals surface area contributed by atoms with Crippen molar-refractivity contribution in [2.45, 2.75) is 18.9 Å². The van der Waals surface area contributed by atoms with Crippen LogP contribution in [-0.2, 0) is 9.53 Å². The van der Waals surface area contributed by atoms with Crippen molar-refractivity contribution in [2.24, 2.45) is 0 Å². The molecule has 0 saturated heterocycles. The van der Waals surface area contributed by atoms with Gasteiger partial charge in [0.2, 0.25) is 5.91 Å². The Morgan fingerprint density at radius 2 is 1.59 bits per heavy atom. The Bertz CT molecular complexity index is 1210. The van der Waals surface area contributed by atoms with Crippen molar-refractivity contribution in [2.75, 3.05) is 19.0 Å². The zero-order valence-electron chi connectivity index (χ0n) is 18.7. The molecular formula is C26H24N2O6. The van der Waals surface area contributed by atoms with Crippen LogP contribution < -0.4 is 15.4 Å². The molecule has 0 aromatic heterocycles. The van der Waals surface area contributed by atoms with Crippen molar-refractivity contribution >= 4 is 23.7 Å². The van der Waals surface area contributed by atoms with Gasteiger partial charge in [0, 0.05) is 17.7 Å². The maximum atomic E-state index is 12.5. The summed E-state index contributed by atoms with van der Waals surface area (Å²) in [7, 11) is 1.34. The molecule has 0 spiro atoms. The van der Waals surface area contributed by atoms with Gasteiger partial charge < -0.3 is 25.2 Å². The summed E-state index contributed by atoms with van der Waals surface area (Å²) < 4.78 is 10.5. The second-order valence-corrected chi connectivity index (χ2v) is 7.90. The number of methoxy groups -OCH3 is 1. The van der Waals surface area contributed by atoms with Crippen LogP contribution in [0.15, 0.2) is 66.7 Å². The zero-order valence-corrected chi connectivity index (χ0v) is 18.7. The zero-order chi connectivity index (χ0) is 24.2. The molecule has 1 aliphatic carbocycles. The van der Waals surface area contributed by atoms with Crippen molar-refractivity contribution < 1.29 is 29.0 Å². The molecule has 0 heterocycles. The van der Waals surface area contributed by atoms with Crippen molar-refractivity contribution in [3.8, 4) is 16.9 Å². The number of alkyl carbamates (subject to hydrolysis) is 1. The fraction of sp³-hybridized carbons (Fsp3) is 0.192. The first-order valence-corrected chi connectivity index (χ1v) is 10.7. The summed E-state index contributed by atoms with van der Waals surface area (Å²) in [6.45, 7) is 1.67. The molecule has 0 aliphatic heterocycles. The van der Waals surface area contributed by atoms with E-state index in [1.807, 2.05) is 36.4 Å². The van der Waals surface area contributed by atoms with Gasteiger partial charge in [-0.15, -0.1) is 0 Å². The molecule has 0 fully saturated rings. The van der Waals surface area contributed by atoms with E-state index in [0.29, 0.717) is 5.69 Å². The molecule has 174 valence electrons. The quantitative estimate of drug-likeness (QED) is 0.486. The molecule has 1 atom stereocenters. The van der Waals surface area contributed by atoms with Crippen molar-refractivity contribution in [1.82, 2.24) is 5.32 Å². The predicted molar refractivity (Wildman–Crippen MR) is 126 cm³/mol. The summed E-state index contributed by atoms with van der Waals surface area (Å²) in [6.07, 6.45) is -0.705. The molecule has 0 bridgehead atoms. The van der Waals surface area contributed by atoms with E-state index >= 15 is 0 Å². The number of carbonyl (C=O) groups is 3. The minimum absolute atomic E-state index is 0.0229. The molecule has 3 N–H and O–H groups in total. The van der Waals surface area contributed by atoms with Crippen LogP contribution in [0.2, 0.25) is 0 Å². The van der Waals surface area contributed by atoms with Crippen LogP contribution in [0.3, 0.4) is 0 Å². The lowest BCUT2D eigenvalue weighted by atomic mass is 9.98. The van der Waals surface area contributed by atoms with E-state index in [1.165, 1.54) is 32.2 Å². The van der Waals surface area contributed by atoms with Gasteiger partial charge in [0.15, 0.2) is 0 Å². The van der Waals surface area contributed by atoms with E-state index in [0.717, 1.165) is 22.3 Å². The van der Waals surface area contributed by atoms with E-state index in [2.05, 4.69) is 22.8 Å². The molecule has 34 heavy (non-hydrogen) atoms. The van der Waals surface area contributed by atoms with Crippen LogP contribution in [0.1, 0.15) is 34.3 Å². The van der Waals surface area contributed by atoms with E-state index < -0.39 is 24.0 Å². The third-order valence-electron chi connectivity index (χ3n) is 5.77. The average Bonchev–Trinajstić information content (AvgIpc) is 3.16. The van der Waals surface area contributed by atoms with Gasteiger partial charge in [-0.2, -0.15) is 0 Å². The van der Waals surface area contributed by atoms with Crippen LogP contribution in [0.5, 0.6) is 5.75 Å². The second-order valence-electron chi connectivity index (χ2n) is 7.90. The fourth-order valence-electron chi connectivity index (χ4n) is 4.08. The summed E-state index contributed by atoms with van der Waals surface area (Å²) in [4.78, 5) is 36.1. The first kappa shape index (κ1) is 22.8. The number of carbonyl (C=O) groups excluding carboxylic acids is 2. The average molecular weight is 460 g/mol. The van der Waals surface area contributed by atoms with Gasteiger partial charge in [-0.25, -0.2) is 9.59 Å². The highest BCUT2D eigenvalue weighted by molar-refractivity contribution is 5.97. The van der Waals surface area contributed by atoms with Crippen LogP contribution >= 0.6 is 0 Å². The number of carboxylic acid groups (broad SMARTS) is 1. The van der Waals surface area contributed by atoms with E-state index in [4.69, 9.17) is 14.6 Å². The summed E-state index contributed by atoms with van der Waals surface area (Å²) >= 11 is 0. The number of hydrogen-bond donors (Lipinski definition) is 3.